The van der Waals surface area contributed by atoms with Crippen molar-refractivity contribution in [1.29, 1.82) is 0 Å². The van der Waals surface area contributed by atoms with Crippen LogP contribution in [0, 0.1) is 0 Å². The fraction of sp³-hybridized carbons (Fsp3) is 0.622. The Hall–Kier alpha value is -4.20. The normalized spacial score (nSPS) is 25.9. The second kappa shape index (κ2) is 39.2. The van der Waals surface area contributed by atoms with E-state index in [-0.39, 0.29) is 0 Å². The number of hydrogen-bond donors (Lipinski definition) is 12. The van der Waals surface area contributed by atoms with E-state index in [1.807, 2.05) is 6.92 Å². The van der Waals surface area contributed by atoms with Crippen LogP contribution in [0.15, 0.2) is 69.7 Å². The highest BCUT2D eigenvalue weighted by atomic mass is 32.2. The number of pyridine rings is 4. The van der Waals surface area contributed by atoms with Crippen molar-refractivity contribution >= 4 is 167 Å². The molecule has 4 fully saturated rings. The lowest BCUT2D eigenvalue weighted by molar-refractivity contribution is -0.0400. The summed E-state index contributed by atoms with van der Waals surface area (Å²) in [5.74, 6) is 3.48. The molecule has 4 unspecified atom stereocenters. The zero-order chi connectivity index (χ0) is 80.5. The van der Waals surface area contributed by atoms with E-state index >= 15 is 0 Å². The minimum Gasteiger partial charge on any atom is -0.397 e. The van der Waals surface area contributed by atoms with Gasteiger partial charge in [0.15, 0.2) is 68.1 Å². The number of anilines is 4. The number of unbranched alkanes of at least 4 members (excludes halogenated alkanes) is 3. The maximum Gasteiger partial charge on any atom is 0.172 e. The number of rotatable bonds is 30. The number of hydrogen-bond acceptors (Lipinski definition) is 28. The van der Waals surface area contributed by atoms with E-state index in [0.717, 1.165) is 86.2 Å². The number of thioether (sulfide) groups is 4. The average molecular weight is 1680 g/mol. The van der Waals surface area contributed by atoms with Gasteiger partial charge in [0, 0.05) is 42.0 Å². The van der Waals surface area contributed by atoms with Gasteiger partial charge in [-0.1, -0.05) is 94.0 Å². The Morgan fingerprint density at radius 3 is 0.836 bits per heavy atom. The van der Waals surface area contributed by atoms with Gasteiger partial charge >= 0.3 is 0 Å². The van der Waals surface area contributed by atoms with Crippen LogP contribution in [0.4, 0.5) is 22.7 Å². The highest BCUT2D eigenvalue weighted by molar-refractivity contribution is 7.99. The highest BCUT2D eigenvalue weighted by Gasteiger charge is 2.49. The Kier molecular flexibility index (Phi) is 31.9. The summed E-state index contributed by atoms with van der Waals surface area (Å²) in [6.07, 6.45) is 23.3. The first-order chi connectivity index (χ1) is 51.9. The molecule has 0 bridgehead atoms. The van der Waals surface area contributed by atoms with Gasteiger partial charge in [-0.25, -0.2) is 39.9 Å². The molecule has 0 amide bonds. The van der Waals surface area contributed by atoms with Gasteiger partial charge in [0.05, 0.1) is 47.2 Å². The third kappa shape index (κ3) is 22.3. The van der Waals surface area contributed by atoms with Crippen molar-refractivity contribution in [3.8, 4) is 0 Å². The summed E-state index contributed by atoms with van der Waals surface area (Å²) < 4.78 is 31.6. The molecule has 12 heterocycles. The summed E-state index contributed by atoms with van der Waals surface area (Å²) in [4.78, 5) is 36.2. The van der Waals surface area contributed by atoms with Gasteiger partial charge in [-0.2, -0.15) is 0 Å². The van der Waals surface area contributed by atoms with Crippen LogP contribution < -0.4 is 22.9 Å². The highest BCUT2D eigenvalue weighted by Crippen LogP contribution is 2.47. The predicted molar refractivity (Wildman–Crippen MR) is 466 cm³/mol. The Morgan fingerprint density at radius 2 is 0.600 bits per heavy atom. The molecule has 8 aromatic rings. The van der Waals surface area contributed by atoms with E-state index in [1.165, 1.54) is 11.8 Å². The molecule has 16 N–H and O–H groups in total. The lowest BCUT2D eigenvalue weighted by Gasteiger charge is -2.20. The number of aliphatic hydroxyl groups excluding tert-OH is 8. The Morgan fingerprint density at radius 1 is 0.355 bits per heavy atom. The number of nitrogens with zero attached hydrogens (tertiary/aromatic N) is 12. The van der Waals surface area contributed by atoms with E-state index in [9.17, 15) is 40.9 Å². The van der Waals surface area contributed by atoms with E-state index in [2.05, 4.69) is 139 Å². The van der Waals surface area contributed by atoms with Crippen molar-refractivity contribution in [3.63, 3.8) is 0 Å². The third-order valence-electron chi connectivity index (χ3n) is 19.2. The lowest BCUT2D eigenvalue weighted by Crippen LogP contribution is -2.32. The molecule has 0 spiro atoms. The van der Waals surface area contributed by atoms with Gasteiger partial charge < -0.3 is 82.7 Å². The molecule has 8 aromatic heterocycles. The Bertz CT molecular complexity index is 4570. The summed E-state index contributed by atoms with van der Waals surface area (Å²) in [6, 6.07) is 6.83. The third-order valence-corrected chi connectivity index (χ3v) is 29.1. The molecular weight excluding hydrogens is 1560 g/mol. The molecule has 0 aromatic carbocycles. The number of nitrogens with two attached hydrogens (primary N) is 4. The van der Waals surface area contributed by atoms with Crippen molar-refractivity contribution in [2.75, 3.05) is 124 Å². The molecule has 0 aliphatic carbocycles. The first-order valence-corrected chi connectivity index (χ1v) is 53.8. The standard InChI is InChI=1S/C20H33N4O3PS.C19H31N4O3PS.C18H29N4O3PS.C17H27N4O3PS/c1-5-6-7-12-29-20-23-15-13(21)8-10-22-18(15)24(20)19-17(26)16(25)14(27-19)9-11-28(2,3)4;1-5-6-11-28-19-22-14-12(20)7-9-21-17(14)23(19)18-16(25)15(24)13(26-18)8-10-27(2,3)4;1-5-10-27-18-21-13-11(19)6-8-20-16(13)22(18)17-15(24)14(23)12(25-17)7-9-26(2,3)4;1-5-26-17-20-12-10(18)6-8-19-15(12)21(17)16-14(23)13(22)11(24-16)7-9-25(2,3)4/h8,10,14,16-17,19,25-26H,2,5-7,9,11-12H2,1,3-4H3,(H2,21,22);7,9,13,15-16,18,24-25H,2,5-6,8,10-11H2,1,3-4H3,(H2,20,21);6,8,12,14-15,17,23-24H,2,5,7,9-10H2,1,3-4H3,(H2,19,20);6,8,11,13-14,16,22-23H,2,5,7,9H2,1,3-4H3,(H2,18,19)/t14-,16-,17-,19?;13-,15-,16-,18?;12-,14-,15-,17?;11-,13-,14-,16?/m1111/s1. The number of fused-ring (bicyclic) bond motifs is 4. The first kappa shape index (κ1) is 89.7. The molecule has 16 atom stereocenters. The minimum atomic E-state index is -1.25. The molecule has 612 valence electrons. The summed E-state index contributed by atoms with van der Waals surface area (Å²) in [7, 11) is 0. The maximum absolute atomic E-state index is 10.8. The monoisotopic (exact) mass is 1680 g/mol. The Labute approximate surface area is 664 Å². The number of aliphatic hydroxyl groups is 8. The molecule has 36 heteroatoms. The molecule has 4 aliphatic heterocycles. The molecule has 4 aliphatic rings. The zero-order valence-corrected chi connectivity index (χ0v) is 72.6. The fourth-order valence-electron chi connectivity index (χ4n) is 13.1. The minimum absolute atomic E-state index is 0.436. The van der Waals surface area contributed by atoms with Crippen LogP contribution >= 0.6 is 74.6 Å². The van der Waals surface area contributed by atoms with E-state index < -0.39 is 126 Å². The van der Waals surface area contributed by atoms with Crippen LogP contribution in [-0.2, 0) is 18.9 Å². The van der Waals surface area contributed by atoms with Gasteiger partial charge in [0.1, 0.15) is 70.9 Å². The first-order valence-electron chi connectivity index (χ1n) is 37.7. The summed E-state index contributed by atoms with van der Waals surface area (Å²) in [6.45, 7) is 20.7. The van der Waals surface area contributed by atoms with Crippen LogP contribution in [0.5, 0.6) is 0 Å². The average Bonchev–Trinajstić information content (AvgIpc) is 1.63. The number of nitrogen functional groups attached to an aromatic ring is 4. The summed E-state index contributed by atoms with van der Waals surface area (Å²) in [5, 5.41) is 88.0. The molecule has 0 saturated carbocycles. The smallest absolute Gasteiger partial charge is 0.172 e. The van der Waals surface area contributed by atoms with Crippen molar-refractivity contribution in [1.82, 2.24) is 58.1 Å². The van der Waals surface area contributed by atoms with Gasteiger partial charge in [0.2, 0.25) is 0 Å². The van der Waals surface area contributed by atoms with Crippen LogP contribution in [-0.4, -0.2) is 298 Å². The van der Waals surface area contributed by atoms with Gasteiger partial charge in [-0.3, -0.25) is 18.3 Å². The maximum atomic E-state index is 10.8. The van der Waals surface area contributed by atoms with Crippen molar-refractivity contribution in [3.05, 3.63) is 49.1 Å². The second-order valence-corrected chi connectivity index (χ2v) is 53.1. The fourth-order valence-corrected chi connectivity index (χ4v) is 20.6. The van der Waals surface area contributed by atoms with Gasteiger partial charge in [-0.15, -0.1) is 52.7 Å². The van der Waals surface area contributed by atoms with Crippen LogP contribution in [0.1, 0.15) is 117 Å². The Balaban J connectivity index is 0.000000169. The molecular formula is C74H120N16O12P4S4. The van der Waals surface area contributed by atoms with Crippen LogP contribution in [0.2, 0.25) is 0 Å². The van der Waals surface area contributed by atoms with E-state index in [4.69, 9.17) is 41.9 Å². The zero-order valence-electron chi connectivity index (χ0n) is 65.7. The molecule has 28 nitrogen and oxygen atoms in total. The largest absolute Gasteiger partial charge is 0.397 e. The van der Waals surface area contributed by atoms with Gasteiger partial charge in [0.25, 0.3) is 0 Å². The van der Waals surface area contributed by atoms with E-state index in [0.29, 0.717) is 114 Å². The summed E-state index contributed by atoms with van der Waals surface area (Å²) in [5.41, 5.74) is 31.1. The van der Waals surface area contributed by atoms with Crippen molar-refractivity contribution in [2.45, 2.75) is 211 Å². The number of ether oxygens (including phenoxy) is 4. The molecule has 110 heavy (non-hydrogen) atoms. The van der Waals surface area contributed by atoms with Crippen LogP contribution in [0.25, 0.3) is 44.7 Å². The molecule has 4 saturated heterocycles. The number of imidazole rings is 4. The lowest BCUT2D eigenvalue weighted by atomic mass is 10.1. The second-order valence-electron chi connectivity index (χ2n) is 31.4. The van der Waals surface area contributed by atoms with Crippen molar-refractivity contribution in [2.24, 2.45) is 0 Å². The van der Waals surface area contributed by atoms with Gasteiger partial charge in [-0.05, 0) is 153 Å². The number of aromatic nitrogens is 12. The molecule has 0 radical (unpaired) electrons. The SMILES string of the molecule is C=P(C)(C)CC[C@H]1OC(n2c(SCC)nc3c(N)ccnc32)[C@H](O)[C@@H]1O.C=P(C)(C)CC[C@H]1OC(n2c(SCCC)nc3c(N)ccnc32)[C@H](O)[C@@H]1O.C=P(C)(C)CC[C@H]1OC(n2c(SCCCC)nc3c(N)ccnc32)[C@H](O)[C@@H]1O.C=P(C)(C)CC[C@H]1OC(n2c(SCCCCC)nc3c(N)ccnc32)[C@H](O)[C@@H]1O. The quantitative estimate of drug-likeness (QED) is 0.0113. The summed E-state index contributed by atoms with van der Waals surface area (Å²) >= 11 is 6.30. The van der Waals surface area contributed by atoms with Crippen molar-refractivity contribution < 1.29 is 59.8 Å². The topological polar surface area (TPSA) is 426 Å². The molecule has 12 rings (SSSR count). The van der Waals surface area contributed by atoms with E-state index in [1.54, 1.807) is 103 Å². The van der Waals surface area contributed by atoms with Crippen LogP contribution in [0.3, 0.4) is 0 Å². The predicted octanol–water partition coefficient (Wildman–Crippen LogP) is 9.72.